The predicted octanol–water partition coefficient (Wildman–Crippen LogP) is 1.76. The minimum absolute atomic E-state index is 0.0141. The van der Waals surface area contributed by atoms with Crippen molar-refractivity contribution in [3.63, 3.8) is 0 Å². The van der Waals surface area contributed by atoms with Gasteiger partial charge >= 0.3 is 16.2 Å². The first-order chi connectivity index (χ1) is 14.9. The Morgan fingerprint density at radius 2 is 1.94 bits per heavy atom. The molecule has 3 rings (SSSR count). The Bertz CT molecular complexity index is 1200. The van der Waals surface area contributed by atoms with Gasteiger partial charge in [-0.2, -0.15) is 12.7 Å². The molecule has 0 saturated carbocycles. The van der Waals surface area contributed by atoms with E-state index in [2.05, 4.69) is 5.32 Å². The number of fused-ring (bicyclic) bond motifs is 1. The number of piperidine rings is 1. The molecule has 13 heteroatoms. The molecule has 0 unspecified atom stereocenters. The number of nitrogens with one attached hydrogen (secondary N) is 2. The first kappa shape index (κ1) is 24.3. The number of carbonyl (C=O) groups excluding carboxylic acids is 2. The van der Waals surface area contributed by atoms with Crippen molar-refractivity contribution >= 4 is 62.1 Å². The molecule has 1 saturated heterocycles. The molecular weight excluding hydrogens is 483 g/mol. The van der Waals surface area contributed by atoms with E-state index in [0.29, 0.717) is 26.6 Å². The Morgan fingerprint density at radius 1 is 1.25 bits per heavy atom. The van der Waals surface area contributed by atoms with Crippen LogP contribution in [0.15, 0.2) is 18.2 Å². The molecule has 174 valence electrons. The number of aromatic nitrogens is 1. The van der Waals surface area contributed by atoms with Gasteiger partial charge in [-0.15, -0.1) is 0 Å². The topological polar surface area (TPSA) is 138 Å². The van der Waals surface area contributed by atoms with Crippen LogP contribution in [-0.2, 0) is 26.8 Å². The number of carboxylic acids is 1. The minimum atomic E-state index is -4.09. The van der Waals surface area contributed by atoms with E-state index in [9.17, 15) is 27.9 Å². The molecule has 10 nitrogen and oxygen atoms in total. The second-order valence-corrected chi connectivity index (χ2v) is 10.1. The van der Waals surface area contributed by atoms with E-state index in [-0.39, 0.29) is 25.9 Å². The van der Waals surface area contributed by atoms with Gasteiger partial charge in [0.25, 0.3) is 5.91 Å². The summed E-state index contributed by atoms with van der Waals surface area (Å²) in [6.07, 6.45) is -0.174. The molecule has 1 aromatic heterocycles. The van der Waals surface area contributed by atoms with Crippen molar-refractivity contribution in [2.24, 2.45) is 13.0 Å². The summed E-state index contributed by atoms with van der Waals surface area (Å²) in [6, 6.07) is 4.38. The number of benzene rings is 1. The number of rotatable bonds is 6. The van der Waals surface area contributed by atoms with Crippen LogP contribution < -0.4 is 10.0 Å². The third kappa shape index (κ3) is 5.01. The van der Waals surface area contributed by atoms with Gasteiger partial charge in [0.15, 0.2) is 0 Å². The van der Waals surface area contributed by atoms with Gasteiger partial charge < -0.3 is 15.0 Å². The highest BCUT2D eigenvalue weighted by Crippen LogP contribution is 2.32. The summed E-state index contributed by atoms with van der Waals surface area (Å²) in [7, 11) is -2.40. The Balaban J connectivity index is 1.83. The Labute approximate surface area is 194 Å². The molecule has 0 radical (unpaired) electrons. The van der Waals surface area contributed by atoms with Gasteiger partial charge in [-0.1, -0.05) is 23.2 Å². The summed E-state index contributed by atoms with van der Waals surface area (Å²) < 4.78 is 29.2. The van der Waals surface area contributed by atoms with E-state index in [4.69, 9.17) is 23.2 Å². The molecule has 1 aliphatic rings. The second-order valence-electron chi connectivity index (χ2n) is 7.63. The molecule has 2 heterocycles. The summed E-state index contributed by atoms with van der Waals surface area (Å²) in [5, 5.41) is 13.4. The Hall–Kier alpha value is -2.34. The fourth-order valence-corrected chi connectivity index (χ4v) is 5.50. The molecule has 2 aromatic rings. The summed E-state index contributed by atoms with van der Waals surface area (Å²) in [6.45, 7) is 0.930. The summed E-state index contributed by atoms with van der Waals surface area (Å²) in [5.41, 5.74) is 0.995. The van der Waals surface area contributed by atoms with Gasteiger partial charge in [-0.3, -0.25) is 14.4 Å². The van der Waals surface area contributed by atoms with Gasteiger partial charge in [-0.25, -0.2) is 4.72 Å². The molecule has 0 spiro atoms. The predicted molar refractivity (Wildman–Crippen MR) is 119 cm³/mol. The van der Waals surface area contributed by atoms with Gasteiger partial charge in [0.1, 0.15) is 5.69 Å². The largest absolute Gasteiger partial charge is 0.481 e. The van der Waals surface area contributed by atoms with Crippen LogP contribution in [0.5, 0.6) is 0 Å². The van der Waals surface area contributed by atoms with Crippen LogP contribution in [0.4, 0.5) is 0 Å². The van der Waals surface area contributed by atoms with E-state index in [1.54, 1.807) is 29.8 Å². The normalized spacial score (nSPS) is 19.6. The van der Waals surface area contributed by atoms with Crippen LogP contribution in [-0.4, -0.2) is 59.3 Å². The monoisotopic (exact) mass is 504 g/mol. The number of halogens is 2. The first-order valence-corrected chi connectivity index (χ1v) is 11.8. The lowest BCUT2D eigenvalue weighted by atomic mass is 9.90. The molecule has 3 N–H and O–H groups in total. The molecular formula is C19H22Cl2N4O6S. The van der Waals surface area contributed by atoms with Crippen molar-refractivity contribution in [2.75, 3.05) is 13.1 Å². The Morgan fingerprint density at radius 3 is 2.56 bits per heavy atom. The van der Waals surface area contributed by atoms with Crippen LogP contribution in [0, 0.1) is 5.92 Å². The highest BCUT2D eigenvalue weighted by Gasteiger charge is 2.37. The number of aryl methyl sites for hydroxylation is 1. The maximum atomic E-state index is 13.0. The first-order valence-electron chi connectivity index (χ1n) is 9.65. The van der Waals surface area contributed by atoms with Crippen LogP contribution in [0.3, 0.4) is 0 Å². The van der Waals surface area contributed by atoms with Crippen molar-refractivity contribution in [3.05, 3.63) is 33.9 Å². The van der Waals surface area contributed by atoms with E-state index in [0.717, 1.165) is 11.2 Å². The summed E-state index contributed by atoms with van der Waals surface area (Å²) in [5.74, 6) is -3.01. The third-order valence-corrected chi connectivity index (χ3v) is 7.78. The average Bonchev–Trinajstić information content (AvgIpc) is 3.02. The summed E-state index contributed by atoms with van der Waals surface area (Å²) >= 11 is 12.3. The lowest BCUT2D eigenvalue weighted by Crippen LogP contribution is -2.55. The standard InChI is InChI=1S/C19H22Cl2N4O6S/c1-10(26)23-32(30,31)25-6-5-14(11(9-25)7-17(27)28)22-19(29)16-8-12-15(24(16)2)4-3-13(20)18(12)21/h3-4,8,11,14H,5-7,9H2,1-2H3,(H,22,29)(H,23,26)(H,27,28)/t11-,14-/m0/s1. The molecule has 0 bridgehead atoms. The van der Waals surface area contributed by atoms with E-state index >= 15 is 0 Å². The zero-order valence-electron chi connectivity index (χ0n) is 17.3. The molecule has 32 heavy (non-hydrogen) atoms. The van der Waals surface area contributed by atoms with Crippen molar-refractivity contribution < 1.29 is 27.9 Å². The number of carboxylic acid groups (broad SMARTS) is 1. The summed E-state index contributed by atoms with van der Waals surface area (Å²) in [4.78, 5) is 35.6. The number of hydrogen-bond acceptors (Lipinski definition) is 5. The van der Waals surface area contributed by atoms with Crippen molar-refractivity contribution in [2.45, 2.75) is 25.8 Å². The van der Waals surface area contributed by atoms with Crippen molar-refractivity contribution in [1.29, 1.82) is 0 Å². The molecule has 1 fully saturated rings. The van der Waals surface area contributed by atoms with E-state index < -0.39 is 40.0 Å². The van der Waals surface area contributed by atoms with Crippen molar-refractivity contribution in [3.8, 4) is 0 Å². The molecule has 2 atom stereocenters. The lowest BCUT2D eigenvalue weighted by Gasteiger charge is -2.37. The van der Waals surface area contributed by atoms with Gasteiger partial charge in [0.2, 0.25) is 5.91 Å². The van der Waals surface area contributed by atoms with Crippen LogP contribution in [0.25, 0.3) is 10.9 Å². The fraction of sp³-hybridized carbons (Fsp3) is 0.421. The number of hydrogen-bond donors (Lipinski definition) is 3. The lowest BCUT2D eigenvalue weighted by molar-refractivity contribution is -0.138. The highest BCUT2D eigenvalue weighted by molar-refractivity contribution is 7.87. The van der Waals surface area contributed by atoms with E-state index in [1.165, 1.54) is 0 Å². The zero-order chi connectivity index (χ0) is 23.8. The molecule has 2 amide bonds. The minimum Gasteiger partial charge on any atom is -0.481 e. The molecule has 0 aliphatic carbocycles. The van der Waals surface area contributed by atoms with Crippen LogP contribution in [0.1, 0.15) is 30.3 Å². The van der Waals surface area contributed by atoms with Crippen LogP contribution >= 0.6 is 23.2 Å². The van der Waals surface area contributed by atoms with Gasteiger partial charge in [0, 0.05) is 49.9 Å². The van der Waals surface area contributed by atoms with Gasteiger partial charge in [0.05, 0.1) is 16.5 Å². The average molecular weight is 505 g/mol. The third-order valence-electron chi connectivity index (χ3n) is 5.41. The second kappa shape index (κ2) is 9.26. The molecule has 1 aliphatic heterocycles. The Kier molecular flexibility index (Phi) is 7.03. The number of amides is 2. The van der Waals surface area contributed by atoms with Crippen LogP contribution in [0.2, 0.25) is 10.0 Å². The van der Waals surface area contributed by atoms with Gasteiger partial charge in [-0.05, 0) is 24.6 Å². The smallest absolute Gasteiger partial charge is 0.303 e. The molecule has 1 aromatic carbocycles. The number of aliphatic carboxylic acids is 1. The zero-order valence-corrected chi connectivity index (χ0v) is 19.6. The SMILES string of the molecule is CC(=O)NS(=O)(=O)N1CC[C@H](NC(=O)c2cc3c(Cl)c(Cl)ccc3n2C)[C@@H](CC(=O)O)C1. The maximum Gasteiger partial charge on any atom is 0.303 e. The van der Waals surface area contributed by atoms with Crippen molar-refractivity contribution in [1.82, 2.24) is 18.9 Å². The maximum absolute atomic E-state index is 13.0. The quantitative estimate of drug-likeness (QED) is 0.547. The number of carbonyl (C=O) groups is 3. The highest BCUT2D eigenvalue weighted by atomic mass is 35.5. The fourth-order valence-electron chi connectivity index (χ4n) is 3.89. The number of nitrogens with zero attached hydrogens (tertiary/aromatic N) is 2. The van der Waals surface area contributed by atoms with E-state index in [1.807, 2.05) is 4.72 Å².